The number of rotatable bonds is 4. The van der Waals surface area contributed by atoms with Gasteiger partial charge in [0.25, 0.3) is 0 Å². The first-order valence-corrected chi connectivity index (χ1v) is 2.21. The molecule has 0 amide bonds. The zero-order valence-corrected chi connectivity index (χ0v) is 4.63. The summed E-state index contributed by atoms with van der Waals surface area (Å²) in [5.74, 6) is 0. The van der Waals surface area contributed by atoms with Crippen molar-refractivity contribution < 1.29 is 4.84 Å². The van der Waals surface area contributed by atoms with E-state index in [2.05, 4.69) is 29.4 Å². The Morgan fingerprint density at radius 2 is 2.38 bits per heavy atom. The maximum absolute atomic E-state index is 4.55. The van der Waals surface area contributed by atoms with Crippen LogP contribution in [0, 0.1) is 0 Å². The van der Waals surface area contributed by atoms with E-state index < -0.39 is 0 Å². The van der Waals surface area contributed by atoms with Gasteiger partial charge in [-0.1, -0.05) is 24.4 Å². The average molecular weight is 110 g/mol. The third-order valence-corrected chi connectivity index (χ3v) is 0.401. The number of hydrogen-bond donors (Lipinski definition) is 0. The molecule has 0 fully saturated rings. The molecule has 1 radical (unpaired) electrons. The number of allylic oxidation sites excluding steroid dienone is 1. The first kappa shape index (κ1) is 6.95. The molecular formula is C6H8NO. The largest absolute Gasteiger partial charge is 0.391 e. The molecule has 0 bridgehead atoms. The van der Waals surface area contributed by atoms with Gasteiger partial charge in [-0.15, -0.1) is 0 Å². The highest BCUT2D eigenvalue weighted by molar-refractivity contribution is 5.69. The quantitative estimate of drug-likeness (QED) is 0.231. The summed E-state index contributed by atoms with van der Waals surface area (Å²) < 4.78 is 0. The maximum Gasteiger partial charge on any atom is 0.135 e. The van der Waals surface area contributed by atoms with Gasteiger partial charge in [-0.3, -0.25) is 0 Å². The van der Waals surface area contributed by atoms with E-state index in [1.165, 1.54) is 6.08 Å². The van der Waals surface area contributed by atoms with Crippen molar-refractivity contribution in [2.45, 2.75) is 0 Å². The van der Waals surface area contributed by atoms with E-state index in [4.69, 9.17) is 0 Å². The van der Waals surface area contributed by atoms with Crippen LogP contribution in [0.3, 0.4) is 0 Å². The van der Waals surface area contributed by atoms with Gasteiger partial charge in [0.1, 0.15) is 12.8 Å². The zero-order chi connectivity index (χ0) is 6.24. The van der Waals surface area contributed by atoms with Crippen molar-refractivity contribution >= 4 is 6.21 Å². The Kier molecular flexibility index (Phi) is 5.17. The molecule has 0 aliphatic rings. The van der Waals surface area contributed by atoms with Crippen molar-refractivity contribution in [2.75, 3.05) is 6.61 Å². The van der Waals surface area contributed by atoms with Gasteiger partial charge >= 0.3 is 0 Å². The molecule has 0 rings (SSSR count). The molecule has 8 heavy (non-hydrogen) atoms. The van der Waals surface area contributed by atoms with Crippen molar-refractivity contribution in [3.05, 3.63) is 25.3 Å². The second-order valence-corrected chi connectivity index (χ2v) is 1.01. The minimum Gasteiger partial charge on any atom is -0.391 e. The van der Waals surface area contributed by atoms with Crippen LogP contribution in [0.1, 0.15) is 0 Å². The monoisotopic (exact) mass is 110 g/mol. The predicted molar refractivity (Wildman–Crippen MR) is 33.8 cm³/mol. The predicted octanol–water partition coefficient (Wildman–Crippen LogP) is 1.24. The van der Waals surface area contributed by atoms with Crippen LogP contribution in [0.2, 0.25) is 0 Å². The second kappa shape index (κ2) is 5.95. The van der Waals surface area contributed by atoms with Crippen molar-refractivity contribution in [2.24, 2.45) is 5.16 Å². The van der Waals surface area contributed by atoms with E-state index in [0.29, 0.717) is 6.61 Å². The second-order valence-electron chi connectivity index (χ2n) is 1.01. The molecule has 43 valence electrons. The van der Waals surface area contributed by atoms with Crippen LogP contribution in [0.15, 0.2) is 30.5 Å². The summed E-state index contributed by atoms with van der Waals surface area (Å²) in [7, 11) is 0. The first-order chi connectivity index (χ1) is 3.91. The summed E-state index contributed by atoms with van der Waals surface area (Å²) in [5, 5.41) is 3.34. The SMILES string of the molecule is C=C/[C]=N\OCC=C. The Bertz CT molecular complexity index is 96.7. The maximum atomic E-state index is 4.55. The average Bonchev–Trinajstić information content (AvgIpc) is 1.81. The smallest absolute Gasteiger partial charge is 0.135 e. The molecule has 0 aromatic carbocycles. The summed E-state index contributed by atoms with van der Waals surface area (Å²) >= 11 is 0. The molecule has 0 spiro atoms. The molecule has 0 saturated heterocycles. The molecule has 2 heteroatoms. The molecule has 0 saturated carbocycles. The van der Waals surface area contributed by atoms with Crippen LogP contribution >= 0.6 is 0 Å². The Hall–Kier alpha value is -1.05. The fourth-order valence-electron chi connectivity index (χ4n) is 0.165. The van der Waals surface area contributed by atoms with Gasteiger partial charge < -0.3 is 4.84 Å². The van der Waals surface area contributed by atoms with E-state index >= 15 is 0 Å². The van der Waals surface area contributed by atoms with Crippen LogP contribution in [0.4, 0.5) is 0 Å². The topological polar surface area (TPSA) is 21.6 Å². The summed E-state index contributed by atoms with van der Waals surface area (Å²) in [6, 6.07) is 0. The van der Waals surface area contributed by atoms with E-state index in [-0.39, 0.29) is 0 Å². The molecule has 0 aromatic rings. The van der Waals surface area contributed by atoms with Gasteiger partial charge in [0, 0.05) is 0 Å². The van der Waals surface area contributed by atoms with E-state index in [1.807, 2.05) is 0 Å². The lowest BCUT2D eigenvalue weighted by molar-refractivity contribution is 0.177. The Balaban J connectivity index is 3.02. The van der Waals surface area contributed by atoms with Gasteiger partial charge in [-0.2, -0.15) is 0 Å². The minimum absolute atomic E-state index is 0.418. The van der Waals surface area contributed by atoms with Crippen molar-refractivity contribution in [3.63, 3.8) is 0 Å². The molecular weight excluding hydrogens is 102 g/mol. The summed E-state index contributed by atoms with van der Waals surface area (Å²) in [5.41, 5.74) is 0. The van der Waals surface area contributed by atoms with Crippen molar-refractivity contribution in [1.82, 2.24) is 0 Å². The molecule has 0 unspecified atom stereocenters. The molecule has 0 aliphatic carbocycles. The summed E-state index contributed by atoms with van der Waals surface area (Å²) in [4.78, 5) is 4.55. The zero-order valence-electron chi connectivity index (χ0n) is 4.63. The van der Waals surface area contributed by atoms with Crippen LogP contribution in [-0.4, -0.2) is 12.8 Å². The van der Waals surface area contributed by atoms with Gasteiger partial charge in [0.05, 0.1) is 0 Å². The lowest BCUT2D eigenvalue weighted by Gasteiger charge is -1.86. The van der Waals surface area contributed by atoms with Gasteiger partial charge in [0.15, 0.2) is 0 Å². The third kappa shape index (κ3) is 4.95. The lowest BCUT2D eigenvalue weighted by atomic mass is 10.7. The molecule has 0 atom stereocenters. The Morgan fingerprint density at radius 3 is 2.88 bits per heavy atom. The fourth-order valence-corrected chi connectivity index (χ4v) is 0.165. The Labute approximate surface area is 49.1 Å². The number of nitrogens with zero attached hydrogens (tertiary/aromatic N) is 1. The lowest BCUT2D eigenvalue weighted by Crippen LogP contribution is -1.78. The van der Waals surface area contributed by atoms with Crippen LogP contribution < -0.4 is 0 Å². The standard InChI is InChI=1S/C6H8NO/c1-3-5-7-8-6-4-2/h3-4H,1-2,6H2. The van der Waals surface area contributed by atoms with Crippen molar-refractivity contribution in [3.8, 4) is 0 Å². The van der Waals surface area contributed by atoms with E-state index in [9.17, 15) is 0 Å². The number of hydrogen-bond acceptors (Lipinski definition) is 2. The highest BCUT2D eigenvalue weighted by Gasteiger charge is 1.67. The van der Waals surface area contributed by atoms with Crippen LogP contribution in [0.5, 0.6) is 0 Å². The van der Waals surface area contributed by atoms with Crippen LogP contribution in [0.25, 0.3) is 0 Å². The normalized spacial score (nSPS) is 9.00. The van der Waals surface area contributed by atoms with Crippen LogP contribution in [-0.2, 0) is 4.84 Å². The molecule has 2 nitrogen and oxygen atoms in total. The fraction of sp³-hybridized carbons (Fsp3) is 0.167. The van der Waals surface area contributed by atoms with Crippen molar-refractivity contribution in [1.29, 1.82) is 0 Å². The first-order valence-electron chi connectivity index (χ1n) is 2.21. The summed E-state index contributed by atoms with van der Waals surface area (Å²) in [6.45, 7) is 7.18. The van der Waals surface area contributed by atoms with Gasteiger partial charge in [-0.05, 0) is 6.08 Å². The highest BCUT2D eigenvalue weighted by Crippen LogP contribution is 1.72. The molecule has 0 N–H and O–H groups in total. The van der Waals surface area contributed by atoms with Gasteiger partial charge in [0.2, 0.25) is 0 Å². The van der Waals surface area contributed by atoms with E-state index in [0.717, 1.165) is 0 Å². The highest BCUT2D eigenvalue weighted by atomic mass is 16.6. The van der Waals surface area contributed by atoms with Gasteiger partial charge in [-0.25, -0.2) is 0 Å². The summed E-state index contributed by atoms with van der Waals surface area (Å²) in [6.07, 6.45) is 5.43. The molecule has 0 heterocycles. The third-order valence-electron chi connectivity index (χ3n) is 0.401. The molecule has 0 aromatic heterocycles. The van der Waals surface area contributed by atoms with E-state index in [1.54, 1.807) is 6.08 Å². The molecule has 0 aliphatic heterocycles. The Morgan fingerprint density at radius 1 is 1.62 bits per heavy atom. The minimum atomic E-state index is 0.418.